The van der Waals surface area contributed by atoms with Crippen LogP contribution in [0.5, 0.6) is 0 Å². The van der Waals surface area contributed by atoms with Crippen molar-refractivity contribution in [1.29, 1.82) is 0 Å². The lowest BCUT2D eigenvalue weighted by molar-refractivity contribution is 0.860. The lowest BCUT2D eigenvalue weighted by atomic mass is 10.1. The Labute approximate surface area is 146 Å². The highest BCUT2D eigenvalue weighted by Gasteiger charge is 2.24. The van der Waals surface area contributed by atoms with E-state index in [-0.39, 0.29) is 5.56 Å². The van der Waals surface area contributed by atoms with Gasteiger partial charge in [0.05, 0.1) is 11.9 Å². The van der Waals surface area contributed by atoms with Crippen LogP contribution in [-0.4, -0.2) is 9.55 Å². The van der Waals surface area contributed by atoms with Crippen molar-refractivity contribution in [2.75, 3.05) is 0 Å². The van der Waals surface area contributed by atoms with Crippen molar-refractivity contribution >= 4 is 33.2 Å². The van der Waals surface area contributed by atoms with Crippen LogP contribution < -0.4 is 5.56 Å². The maximum absolute atomic E-state index is 12.7. The van der Waals surface area contributed by atoms with Crippen LogP contribution in [0.3, 0.4) is 0 Å². The molecular formula is C19H11ClN2OS. The van der Waals surface area contributed by atoms with Crippen LogP contribution in [0.25, 0.3) is 32.7 Å². The fourth-order valence-electron chi connectivity index (χ4n) is 3.30. The molecule has 0 radical (unpaired) electrons. The number of aromatic nitrogens is 2. The van der Waals surface area contributed by atoms with E-state index in [0.717, 1.165) is 33.9 Å². The van der Waals surface area contributed by atoms with Crippen molar-refractivity contribution in [1.82, 2.24) is 9.55 Å². The van der Waals surface area contributed by atoms with Gasteiger partial charge in [-0.25, -0.2) is 0 Å². The Balaban J connectivity index is 1.80. The SMILES string of the molecule is O=c1nc2n(c3scc(-c4ccc(Cl)cc4)c13)Cc1ccccc1-2. The molecule has 0 spiro atoms. The summed E-state index contributed by atoms with van der Waals surface area (Å²) in [5, 5.41) is 3.41. The minimum absolute atomic E-state index is 0.167. The standard InChI is InChI=1S/C19H11ClN2OS/c20-13-7-5-11(6-8-13)15-10-24-19-16(15)18(23)21-17-14-4-2-1-3-12(14)9-22(17)19/h1-8,10H,9H2. The number of hydrogen-bond acceptors (Lipinski definition) is 3. The molecule has 2 aromatic carbocycles. The number of fused-ring (bicyclic) bond motifs is 5. The average molecular weight is 351 g/mol. The Morgan fingerprint density at radius 2 is 1.83 bits per heavy atom. The van der Waals surface area contributed by atoms with Gasteiger partial charge < -0.3 is 4.57 Å². The maximum atomic E-state index is 12.7. The molecular weight excluding hydrogens is 340 g/mol. The monoisotopic (exact) mass is 350 g/mol. The van der Waals surface area contributed by atoms with Crippen LogP contribution >= 0.6 is 22.9 Å². The van der Waals surface area contributed by atoms with E-state index in [1.807, 2.05) is 47.8 Å². The van der Waals surface area contributed by atoms with Crippen molar-refractivity contribution in [3.8, 4) is 22.5 Å². The van der Waals surface area contributed by atoms with Crippen molar-refractivity contribution in [3.63, 3.8) is 0 Å². The molecule has 1 aliphatic heterocycles. The number of rotatable bonds is 1. The van der Waals surface area contributed by atoms with Crippen molar-refractivity contribution < 1.29 is 0 Å². The normalized spacial score (nSPS) is 12.4. The molecule has 5 rings (SSSR count). The Kier molecular flexibility index (Phi) is 2.93. The van der Waals surface area contributed by atoms with E-state index in [4.69, 9.17) is 11.6 Å². The second-order valence-electron chi connectivity index (χ2n) is 5.82. The van der Waals surface area contributed by atoms with Crippen molar-refractivity contribution in [3.05, 3.63) is 74.9 Å². The highest BCUT2D eigenvalue weighted by atomic mass is 35.5. The summed E-state index contributed by atoms with van der Waals surface area (Å²) in [6, 6.07) is 15.7. The third kappa shape index (κ3) is 1.90. The molecule has 0 atom stereocenters. The molecule has 116 valence electrons. The predicted molar refractivity (Wildman–Crippen MR) is 98.9 cm³/mol. The van der Waals surface area contributed by atoms with Gasteiger partial charge in [-0.05, 0) is 23.3 Å². The molecule has 24 heavy (non-hydrogen) atoms. The second kappa shape index (κ2) is 5.03. The molecule has 0 aliphatic carbocycles. The quantitative estimate of drug-likeness (QED) is 0.435. The number of halogens is 1. The number of nitrogens with zero attached hydrogens (tertiary/aromatic N) is 2. The van der Waals surface area contributed by atoms with Gasteiger partial charge in [-0.1, -0.05) is 48.0 Å². The number of thiophene rings is 1. The zero-order valence-electron chi connectivity index (χ0n) is 12.5. The van der Waals surface area contributed by atoms with Crippen LogP contribution in [-0.2, 0) is 6.54 Å². The summed E-state index contributed by atoms with van der Waals surface area (Å²) in [6.07, 6.45) is 0. The summed E-state index contributed by atoms with van der Waals surface area (Å²) < 4.78 is 2.14. The molecule has 0 fully saturated rings. The summed E-state index contributed by atoms with van der Waals surface area (Å²) in [5.74, 6) is 0.771. The molecule has 4 aromatic rings. The van der Waals surface area contributed by atoms with Gasteiger partial charge in [0.2, 0.25) is 0 Å². The van der Waals surface area contributed by atoms with E-state index in [2.05, 4.69) is 15.6 Å². The summed E-state index contributed by atoms with van der Waals surface area (Å²) in [5.41, 5.74) is 4.01. The highest BCUT2D eigenvalue weighted by molar-refractivity contribution is 7.17. The fourth-order valence-corrected chi connectivity index (χ4v) is 4.51. The summed E-state index contributed by atoms with van der Waals surface area (Å²) >= 11 is 7.57. The molecule has 5 heteroatoms. The topological polar surface area (TPSA) is 34.9 Å². The Morgan fingerprint density at radius 1 is 1.04 bits per heavy atom. The lowest BCUT2D eigenvalue weighted by Crippen LogP contribution is -2.12. The van der Waals surface area contributed by atoms with E-state index < -0.39 is 0 Å². The molecule has 1 aliphatic rings. The zero-order valence-corrected chi connectivity index (χ0v) is 14.1. The lowest BCUT2D eigenvalue weighted by Gasteiger charge is -2.05. The van der Waals surface area contributed by atoms with Crippen LogP contribution in [0.4, 0.5) is 0 Å². The first-order valence-corrected chi connectivity index (χ1v) is 8.84. The third-order valence-corrected chi connectivity index (χ3v) is 5.69. The Hall–Kier alpha value is -2.43. The second-order valence-corrected chi connectivity index (χ2v) is 7.11. The van der Waals surface area contributed by atoms with E-state index in [1.165, 1.54) is 5.56 Å². The molecule has 2 aromatic heterocycles. The Bertz CT molecular complexity index is 1160. The summed E-state index contributed by atoms with van der Waals surface area (Å²) in [6.45, 7) is 0.760. The van der Waals surface area contributed by atoms with E-state index >= 15 is 0 Å². The predicted octanol–water partition coefficient (Wildman–Crippen LogP) is 4.81. The van der Waals surface area contributed by atoms with Crippen LogP contribution in [0.1, 0.15) is 5.56 Å². The molecule has 3 nitrogen and oxygen atoms in total. The first kappa shape index (κ1) is 14.0. The molecule has 0 saturated heterocycles. The molecule has 3 heterocycles. The summed E-state index contributed by atoms with van der Waals surface area (Å²) in [7, 11) is 0. The zero-order chi connectivity index (χ0) is 16.3. The average Bonchev–Trinajstić information content (AvgIpc) is 3.18. The minimum atomic E-state index is -0.167. The summed E-state index contributed by atoms with van der Waals surface area (Å²) in [4.78, 5) is 18.1. The number of hydrogen-bond donors (Lipinski definition) is 0. The smallest absolute Gasteiger partial charge is 0.282 e. The minimum Gasteiger partial charge on any atom is -0.312 e. The number of benzene rings is 2. The van der Waals surface area contributed by atoms with Crippen LogP contribution in [0.2, 0.25) is 5.02 Å². The third-order valence-electron chi connectivity index (χ3n) is 4.44. The van der Waals surface area contributed by atoms with Gasteiger partial charge in [0.1, 0.15) is 10.7 Å². The van der Waals surface area contributed by atoms with Gasteiger partial charge in [-0.3, -0.25) is 4.79 Å². The molecule has 0 saturated carbocycles. The van der Waals surface area contributed by atoms with Gasteiger partial charge in [0, 0.05) is 21.5 Å². The fraction of sp³-hybridized carbons (Fsp3) is 0.0526. The van der Waals surface area contributed by atoms with Gasteiger partial charge in [0.15, 0.2) is 0 Å². The Morgan fingerprint density at radius 3 is 2.67 bits per heavy atom. The van der Waals surface area contributed by atoms with Gasteiger partial charge in [-0.15, -0.1) is 11.3 Å². The van der Waals surface area contributed by atoms with Crippen molar-refractivity contribution in [2.45, 2.75) is 6.54 Å². The molecule has 0 N–H and O–H groups in total. The van der Waals surface area contributed by atoms with E-state index in [9.17, 15) is 4.79 Å². The first-order chi connectivity index (χ1) is 11.7. The molecule has 0 bridgehead atoms. The van der Waals surface area contributed by atoms with E-state index in [1.54, 1.807) is 11.3 Å². The highest BCUT2D eigenvalue weighted by Crippen LogP contribution is 2.37. The van der Waals surface area contributed by atoms with E-state index in [0.29, 0.717) is 10.4 Å². The molecule has 0 unspecified atom stereocenters. The molecule has 0 amide bonds. The van der Waals surface area contributed by atoms with Gasteiger partial charge >= 0.3 is 0 Å². The van der Waals surface area contributed by atoms with Gasteiger partial charge in [-0.2, -0.15) is 4.98 Å². The van der Waals surface area contributed by atoms with Crippen molar-refractivity contribution in [2.24, 2.45) is 0 Å². The van der Waals surface area contributed by atoms with Crippen LogP contribution in [0.15, 0.2) is 58.7 Å². The first-order valence-electron chi connectivity index (χ1n) is 7.58. The largest absolute Gasteiger partial charge is 0.312 e. The van der Waals surface area contributed by atoms with Gasteiger partial charge in [0.25, 0.3) is 5.56 Å². The maximum Gasteiger partial charge on any atom is 0.282 e. The van der Waals surface area contributed by atoms with Crippen LogP contribution in [0, 0.1) is 0 Å².